The summed E-state index contributed by atoms with van der Waals surface area (Å²) < 4.78 is 33.0. The Morgan fingerprint density at radius 1 is 0.969 bits per heavy atom. The highest BCUT2D eigenvalue weighted by Crippen LogP contribution is 2.27. The number of aryl methyl sites for hydroxylation is 2. The van der Waals surface area contributed by atoms with Gasteiger partial charge in [-0.3, -0.25) is 9.59 Å². The van der Waals surface area contributed by atoms with Gasteiger partial charge in [0.15, 0.2) is 5.78 Å². The van der Waals surface area contributed by atoms with Gasteiger partial charge in [-0.05, 0) is 67.6 Å². The Hall–Kier alpha value is -2.71. The van der Waals surface area contributed by atoms with E-state index >= 15 is 0 Å². The number of hydrogen-bond donors (Lipinski definition) is 0. The average Bonchev–Trinajstić information content (AvgIpc) is 3.27. The van der Waals surface area contributed by atoms with Gasteiger partial charge in [0.2, 0.25) is 15.9 Å². The van der Waals surface area contributed by atoms with E-state index in [9.17, 15) is 18.0 Å². The molecule has 2 aromatic rings. The third-order valence-electron chi connectivity index (χ3n) is 6.33. The summed E-state index contributed by atoms with van der Waals surface area (Å²) in [4.78, 5) is 26.6. The molecule has 0 saturated carbocycles. The van der Waals surface area contributed by atoms with E-state index in [0.29, 0.717) is 34.9 Å². The predicted molar refractivity (Wildman–Crippen MR) is 121 cm³/mol. The van der Waals surface area contributed by atoms with E-state index in [2.05, 4.69) is 0 Å². The molecule has 32 heavy (non-hydrogen) atoms. The van der Waals surface area contributed by atoms with Crippen LogP contribution in [0.2, 0.25) is 0 Å². The van der Waals surface area contributed by atoms with Crippen LogP contribution in [0.5, 0.6) is 5.75 Å². The van der Waals surface area contributed by atoms with Crippen molar-refractivity contribution >= 4 is 21.7 Å². The van der Waals surface area contributed by atoms with Gasteiger partial charge < -0.3 is 9.64 Å². The van der Waals surface area contributed by atoms with Gasteiger partial charge in [-0.1, -0.05) is 6.07 Å². The lowest BCUT2D eigenvalue weighted by Crippen LogP contribution is -2.50. The number of carbonyl (C=O) groups excluding carboxylic acids is 2. The number of benzene rings is 2. The Balaban J connectivity index is 1.42. The molecule has 0 unspecified atom stereocenters. The molecule has 0 spiro atoms. The van der Waals surface area contributed by atoms with Gasteiger partial charge in [-0.2, -0.15) is 4.31 Å². The second-order valence-corrected chi connectivity index (χ2v) is 10.3. The zero-order chi connectivity index (χ0) is 22.9. The van der Waals surface area contributed by atoms with Crippen LogP contribution in [0.4, 0.5) is 0 Å². The summed E-state index contributed by atoms with van der Waals surface area (Å²) in [5, 5.41) is 0. The van der Waals surface area contributed by atoms with E-state index in [1.165, 1.54) is 23.9 Å². The zero-order valence-electron chi connectivity index (χ0n) is 18.5. The lowest BCUT2D eigenvalue weighted by Gasteiger charge is -2.34. The van der Waals surface area contributed by atoms with Crippen molar-refractivity contribution in [3.05, 3.63) is 58.7 Å². The van der Waals surface area contributed by atoms with E-state index in [1.54, 1.807) is 29.2 Å². The Morgan fingerprint density at radius 3 is 2.38 bits per heavy atom. The van der Waals surface area contributed by atoms with Crippen molar-refractivity contribution in [1.82, 2.24) is 9.21 Å². The molecule has 2 aliphatic rings. The van der Waals surface area contributed by atoms with Gasteiger partial charge in [0, 0.05) is 37.3 Å². The van der Waals surface area contributed by atoms with Gasteiger partial charge in [-0.25, -0.2) is 8.42 Å². The number of hydrogen-bond acceptors (Lipinski definition) is 5. The molecule has 7 nitrogen and oxygen atoms in total. The summed E-state index contributed by atoms with van der Waals surface area (Å²) in [6, 6.07) is 10.5. The summed E-state index contributed by atoms with van der Waals surface area (Å²) in [7, 11) is -2.05. The maximum atomic E-state index is 13.1. The molecule has 1 saturated heterocycles. The fourth-order valence-corrected chi connectivity index (χ4v) is 5.92. The molecule has 0 bridgehead atoms. The van der Waals surface area contributed by atoms with E-state index < -0.39 is 10.0 Å². The number of amides is 1. The third kappa shape index (κ3) is 4.42. The largest absolute Gasteiger partial charge is 0.496 e. The molecule has 1 aliphatic heterocycles. The first-order valence-corrected chi connectivity index (χ1v) is 12.3. The molecule has 2 aromatic carbocycles. The SMILES string of the molecule is COc1ccc(C(C)=O)cc1CC(=O)N1CCN(S(=O)(=O)c2ccc3c(c2)CCC3)CC1. The Morgan fingerprint density at radius 2 is 1.69 bits per heavy atom. The van der Waals surface area contributed by atoms with Crippen molar-refractivity contribution in [3.8, 4) is 5.75 Å². The quantitative estimate of drug-likeness (QED) is 0.624. The monoisotopic (exact) mass is 456 g/mol. The van der Waals surface area contributed by atoms with Crippen LogP contribution in [0.15, 0.2) is 41.3 Å². The lowest BCUT2D eigenvalue weighted by atomic mass is 10.0. The standard InChI is InChI=1S/C24H28N2O5S/c1-17(27)19-7-9-23(31-2)21(14-19)16-24(28)25-10-12-26(13-11-25)32(29,30)22-8-6-18-4-3-5-20(18)15-22/h6-9,14-15H,3-5,10-13,16H2,1-2H3. The first kappa shape index (κ1) is 22.5. The molecule has 1 amide bonds. The van der Waals surface area contributed by atoms with Gasteiger partial charge in [-0.15, -0.1) is 0 Å². The van der Waals surface area contributed by atoms with Crippen molar-refractivity contribution in [2.45, 2.75) is 37.5 Å². The minimum atomic E-state index is -3.58. The highest BCUT2D eigenvalue weighted by Gasteiger charge is 2.31. The molecular weight excluding hydrogens is 428 g/mol. The molecule has 170 valence electrons. The summed E-state index contributed by atoms with van der Waals surface area (Å²) in [5.41, 5.74) is 3.54. The van der Waals surface area contributed by atoms with Crippen molar-refractivity contribution in [2.75, 3.05) is 33.3 Å². The van der Waals surface area contributed by atoms with Crippen molar-refractivity contribution in [2.24, 2.45) is 0 Å². The molecule has 1 aliphatic carbocycles. The molecular formula is C24H28N2O5S. The second-order valence-electron chi connectivity index (χ2n) is 8.33. The summed E-state index contributed by atoms with van der Waals surface area (Å²) in [6.45, 7) is 2.66. The molecule has 0 radical (unpaired) electrons. The third-order valence-corrected chi connectivity index (χ3v) is 8.22. The lowest BCUT2D eigenvalue weighted by molar-refractivity contribution is -0.131. The van der Waals surface area contributed by atoms with Crippen LogP contribution in [0.3, 0.4) is 0 Å². The van der Waals surface area contributed by atoms with E-state index in [1.807, 2.05) is 12.1 Å². The Bertz CT molecular complexity index is 1150. The topological polar surface area (TPSA) is 84.0 Å². The van der Waals surface area contributed by atoms with Gasteiger partial charge >= 0.3 is 0 Å². The highest BCUT2D eigenvalue weighted by molar-refractivity contribution is 7.89. The summed E-state index contributed by atoms with van der Waals surface area (Å²) in [5.74, 6) is 0.367. The molecule has 0 aromatic heterocycles. The number of nitrogens with zero attached hydrogens (tertiary/aromatic N) is 2. The number of sulfonamides is 1. The zero-order valence-corrected chi connectivity index (χ0v) is 19.3. The van der Waals surface area contributed by atoms with Crippen LogP contribution in [0.1, 0.15) is 40.4 Å². The summed E-state index contributed by atoms with van der Waals surface area (Å²) >= 11 is 0. The van der Waals surface area contributed by atoms with E-state index in [4.69, 9.17) is 4.74 Å². The number of rotatable bonds is 6. The number of piperazine rings is 1. The van der Waals surface area contributed by atoms with Crippen LogP contribution in [-0.2, 0) is 34.1 Å². The second kappa shape index (κ2) is 9.03. The first-order chi connectivity index (χ1) is 15.3. The van der Waals surface area contributed by atoms with E-state index in [0.717, 1.165) is 24.8 Å². The van der Waals surface area contributed by atoms with Crippen molar-refractivity contribution < 1.29 is 22.7 Å². The van der Waals surface area contributed by atoms with Crippen LogP contribution in [0, 0.1) is 0 Å². The molecule has 1 fully saturated rings. The number of Topliss-reactive ketones (excluding diaryl/α,β-unsaturated/α-hetero) is 1. The minimum absolute atomic E-state index is 0.0771. The van der Waals surface area contributed by atoms with Gasteiger partial charge in [0.25, 0.3) is 0 Å². The van der Waals surface area contributed by atoms with Crippen LogP contribution in [0.25, 0.3) is 0 Å². The Labute approximate surface area is 189 Å². The average molecular weight is 457 g/mol. The number of ether oxygens (including phenoxy) is 1. The smallest absolute Gasteiger partial charge is 0.243 e. The van der Waals surface area contributed by atoms with Gasteiger partial charge in [0.05, 0.1) is 18.4 Å². The number of ketones is 1. The number of fused-ring (bicyclic) bond motifs is 1. The maximum Gasteiger partial charge on any atom is 0.243 e. The van der Waals surface area contributed by atoms with Crippen LogP contribution in [-0.4, -0.2) is 62.6 Å². The molecule has 8 heteroatoms. The number of carbonyl (C=O) groups is 2. The van der Waals surface area contributed by atoms with E-state index in [-0.39, 0.29) is 31.2 Å². The van der Waals surface area contributed by atoms with Gasteiger partial charge in [0.1, 0.15) is 5.75 Å². The van der Waals surface area contributed by atoms with Crippen molar-refractivity contribution in [1.29, 1.82) is 0 Å². The maximum absolute atomic E-state index is 13.1. The molecule has 0 N–H and O–H groups in total. The Kier molecular flexibility index (Phi) is 6.35. The molecule has 4 rings (SSSR count). The first-order valence-electron chi connectivity index (χ1n) is 10.9. The fourth-order valence-electron chi connectivity index (χ4n) is 4.45. The molecule has 0 atom stereocenters. The number of methoxy groups -OCH3 is 1. The predicted octanol–water partition coefficient (Wildman–Crippen LogP) is 2.46. The van der Waals surface area contributed by atoms with Crippen LogP contribution < -0.4 is 4.74 Å². The molecule has 1 heterocycles. The highest BCUT2D eigenvalue weighted by atomic mass is 32.2. The van der Waals surface area contributed by atoms with Crippen molar-refractivity contribution in [3.63, 3.8) is 0 Å². The normalized spacial score (nSPS) is 16.6. The summed E-state index contributed by atoms with van der Waals surface area (Å²) in [6.07, 6.45) is 3.10. The van der Waals surface area contributed by atoms with Crippen LogP contribution >= 0.6 is 0 Å². The minimum Gasteiger partial charge on any atom is -0.496 e. The fraction of sp³-hybridized carbons (Fsp3) is 0.417.